The highest BCUT2D eigenvalue weighted by Crippen LogP contribution is 2.21. The van der Waals surface area contributed by atoms with Crippen molar-refractivity contribution in [1.82, 2.24) is 5.32 Å². The normalized spacial score (nSPS) is 11.2. The summed E-state index contributed by atoms with van der Waals surface area (Å²) < 4.78 is 5.35. The smallest absolute Gasteiger partial charge is 0.258 e. The third kappa shape index (κ3) is 4.70. The van der Waals surface area contributed by atoms with Gasteiger partial charge in [0.2, 0.25) is 0 Å². The van der Waals surface area contributed by atoms with Gasteiger partial charge in [-0.15, -0.1) is 0 Å². The van der Waals surface area contributed by atoms with Crippen molar-refractivity contribution in [3.8, 4) is 5.75 Å². The van der Waals surface area contributed by atoms with Crippen molar-refractivity contribution in [3.63, 3.8) is 0 Å². The first-order valence-electron chi connectivity index (χ1n) is 5.82. The second-order valence-corrected chi connectivity index (χ2v) is 5.06. The molecule has 0 spiro atoms. The summed E-state index contributed by atoms with van der Waals surface area (Å²) in [5.41, 5.74) is -0.220. The largest absolute Gasteiger partial charge is 0.484 e. The zero-order chi connectivity index (χ0) is 14.5. The number of aliphatic hydroxyl groups is 2. The van der Waals surface area contributed by atoms with E-state index in [0.29, 0.717) is 10.8 Å². The summed E-state index contributed by atoms with van der Waals surface area (Å²) in [7, 11) is 0. The number of amides is 1. The molecule has 0 fully saturated rings. The van der Waals surface area contributed by atoms with Crippen LogP contribution >= 0.6 is 11.6 Å². The van der Waals surface area contributed by atoms with Crippen molar-refractivity contribution in [1.29, 1.82) is 0 Å². The van der Waals surface area contributed by atoms with E-state index >= 15 is 0 Å². The van der Waals surface area contributed by atoms with Crippen LogP contribution in [0.3, 0.4) is 0 Å². The average molecular weight is 288 g/mol. The van der Waals surface area contributed by atoms with Gasteiger partial charge in [0.15, 0.2) is 6.61 Å². The maximum atomic E-state index is 11.6. The molecule has 19 heavy (non-hydrogen) atoms. The predicted octanol–water partition coefficient (Wildman–Crippen LogP) is 0.887. The third-order valence-corrected chi connectivity index (χ3v) is 2.87. The van der Waals surface area contributed by atoms with Gasteiger partial charge in [-0.2, -0.15) is 0 Å². The Labute approximate surface area is 117 Å². The summed E-state index contributed by atoms with van der Waals surface area (Å²) in [6.07, 6.45) is 0. The molecule has 0 heterocycles. The van der Waals surface area contributed by atoms with Gasteiger partial charge < -0.3 is 20.3 Å². The van der Waals surface area contributed by atoms with Crippen LogP contribution in [0.1, 0.15) is 12.5 Å². The topological polar surface area (TPSA) is 78.8 Å². The van der Waals surface area contributed by atoms with Gasteiger partial charge in [0.25, 0.3) is 5.91 Å². The van der Waals surface area contributed by atoms with E-state index in [9.17, 15) is 4.79 Å². The zero-order valence-corrected chi connectivity index (χ0v) is 11.7. The Hall–Kier alpha value is -1.30. The molecule has 0 unspecified atom stereocenters. The fraction of sp³-hybridized carbons (Fsp3) is 0.462. The van der Waals surface area contributed by atoms with Crippen LogP contribution in [0, 0.1) is 6.92 Å². The summed E-state index contributed by atoms with van der Waals surface area (Å²) in [5, 5.41) is 21.2. The van der Waals surface area contributed by atoms with E-state index in [2.05, 4.69) is 5.32 Å². The molecule has 1 aromatic carbocycles. The molecule has 6 heteroatoms. The standard InChI is InChI=1S/C13H18ClNO4/c1-9-5-10(14)3-4-11(9)19-6-12(18)15-13(2,7-16)8-17/h3-5,16-17H,6-8H2,1-2H3,(H,15,18). The predicted molar refractivity (Wildman–Crippen MR) is 72.4 cm³/mol. The van der Waals surface area contributed by atoms with Gasteiger partial charge in [-0.25, -0.2) is 0 Å². The number of nitrogens with one attached hydrogen (secondary N) is 1. The molecular formula is C13H18ClNO4. The van der Waals surface area contributed by atoms with Crippen LogP contribution in [0.25, 0.3) is 0 Å². The van der Waals surface area contributed by atoms with E-state index in [4.69, 9.17) is 26.6 Å². The highest BCUT2D eigenvalue weighted by molar-refractivity contribution is 6.30. The minimum Gasteiger partial charge on any atom is -0.484 e. The Bertz CT molecular complexity index is 446. The van der Waals surface area contributed by atoms with Crippen molar-refractivity contribution >= 4 is 17.5 Å². The molecule has 0 radical (unpaired) electrons. The highest BCUT2D eigenvalue weighted by Gasteiger charge is 2.24. The van der Waals surface area contributed by atoms with E-state index in [1.165, 1.54) is 0 Å². The molecule has 1 aromatic rings. The number of halogens is 1. The molecule has 0 aliphatic rings. The van der Waals surface area contributed by atoms with Crippen molar-refractivity contribution in [3.05, 3.63) is 28.8 Å². The number of hydrogen-bond donors (Lipinski definition) is 3. The molecule has 0 aromatic heterocycles. The molecular weight excluding hydrogens is 270 g/mol. The summed E-state index contributed by atoms with van der Waals surface area (Å²) >= 11 is 5.81. The van der Waals surface area contributed by atoms with Crippen LogP contribution in [0.2, 0.25) is 5.02 Å². The molecule has 1 rings (SSSR count). The van der Waals surface area contributed by atoms with Crippen molar-refractivity contribution in [2.75, 3.05) is 19.8 Å². The first kappa shape index (κ1) is 15.8. The highest BCUT2D eigenvalue weighted by atomic mass is 35.5. The maximum absolute atomic E-state index is 11.6. The number of hydrogen-bond acceptors (Lipinski definition) is 4. The van der Waals surface area contributed by atoms with Crippen LogP contribution in [-0.4, -0.2) is 41.5 Å². The number of aliphatic hydroxyl groups excluding tert-OH is 2. The van der Waals surface area contributed by atoms with Gasteiger partial charge in [0.05, 0.1) is 18.8 Å². The van der Waals surface area contributed by atoms with Crippen LogP contribution in [0.4, 0.5) is 0 Å². The molecule has 0 aliphatic carbocycles. The summed E-state index contributed by atoms with van der Waals surface area (Å²) in [5.74, 6) is 0.147. The van der Waals surface area contributed by atoms with Crippen molar-refractivity contribution in [2.24, 2.45) is 0 Å². The molecule has 0 saturated carbocycles. The van der Waals surface area contributed by atoms with E-state index in [1.807, 2.05) is 6.92 Å². The second kappa shape index (κ2) is 6.75. The number of rotatable bonds is 6. The second-order valence-electron chi connectivity index (χ2n) is 4.62. The van der Waals surface area contributed by atoms with Crippen LogP contribution in [-0.2, 0) is 4.79 Å². The fourth-order valence-corrected chi connectivity index (χ4v) is 1.65. The molecule has 1 amide bonds. The van der Waals surface area contributed by atoms with Gasteiger partial charge >= 0.3 is 0 Å². The fourth-order valence-electron chi connectivity index (χ4n) is 1.42. The van der Waals surface area contributed by atoms with E-state index in [0.717, 1.165) is 5.56 Å². The first-order valence-corrected chi connectivity index (χ1v) is 6.20. The maximum Gasteiger partial charge on any atom is 0.258 e. The number of ether oxygens (including phenoxy) is 1. The van der Waals surface area contributed by atoms with E-state index in [-0.39, 0.29) is 19.8 Å². The van der Waals surface area contributed by atoms with E-state index in [1.54, 1.807) is 25.1 Å². The Morgan fingerprint density at radius 3 is 2.58 bits per heavy atom. The van der Waals surface area contributed by atoms with Gasteiger partial charge in [-0.1, -0.05) is 11.6 Å². The molecule has 0 atom stereocenters. The Kier molecular flexibility index (Phi) is 5.60. The number of aryl methyl sites for hydroxylation is 1. The minimum absolute atomic E-state index is 0.196. The number of carbonyl (C=O) groups excluding carboxylic acids is 1. The molecule has 5 nitrogen and oxygen atoms in total. The lowest BCUT2D eigenvalue weighted by Crippen LogP contribution is -2.53. The summed E-state index contributed by atoms with van der Waals surface area (Å²) in [6.45, 7) is 2.46. The van der Waals surface area contributed by atoms with Crippen molar-refractivity contribution < 1.29 is 19.7 Å². The zero-order valence-electron chi connectivity index (χ0n) is 10.9. The van der Waals surface area contributed by atoms with Gasteiger partial charge in [-0.05, 0) is 37.6 Å². The van der Waals surface area contributed by atoms with Crippen LogP contribution < -0.4 is 10.1 Å². The van der Waals surface area contributed by atoms with Crippen molar-refractivity contribution in [2.45, 2.75) is 19.4 Å². The molecule has 0 saturated heterocycles. The third-order valence-electron chi connectivity index (χ3n) is 2.63. The van der Waals surface area contributed by atoms with Crippen LogP contribution in [0.5, 0.6) is 5.75 Å². The molecule has 106 valence electrons. The molecule has 0 bridgehead atoms. The van der Waals surface area contributed by atoms with Gasteiger partial charge in [0, 0.05) is 5.02 Å². The quantitative estimate of drug-likeness (QED) is 0.726. The van der Waals surface area contributed by atoms with Gasteiger partial charge in [-0.3, -0.25) is 4.79 Å². The molecule has 0 aliphatic heterocycles. The summed E-state index contributed by atoms with van der Waals surface area (Å²) in [6, 6.07) is 5.09. The van der Waals surface area contributed by atoms with Gasteiger partial charge in [0.1, 0.15) is 5.75 Å². The number of carbonyl (C=O) groups is 1. The van der Waals surface area contributed by atoms with Crippen LogP contribution in [0.15, 0.2) is 18.2 Å². The lowest BCUT2D eigenvalue weighted by atomic mass is 10.1. The molecule has 3 N–H and O–H groups in total. The van der Waals surface area contributed by atoms with E-state index < -0.39 is 11.4 Å². The Morgan fingerprint density at radius 1 is 1.42 bits per heavy atom. The Balaban J connectivity index is 2.55. The first-order chi connectivity index (χ1) is 8.90. The lowest BCUT2D eigenvalue weighted by molar-refractivity contribution is -0.126. The average Bonchev–Trinajstić information content (AvgIpc) is 2.37. The SMILES string of the molecule is Cc1cc(Cl)ccc1OCC(=O)NC(C)(CO)CO. The lowest BCUT2D eigenvalue weighted by Gasteiger charge is -2.26. The Morgan fingerprint density at radius 2 is 2.05 bits per heavy atom. The summed E-state index contributed by atoms with van der Waals surface area (Å²) in [4.78, 5) is 11.6. The number of benzene rings is 1. The minimum atomic E-state index is -1.05. The monoisotopic (exact) mass is 287 g/mol.